The highest BCUT2D eigenvalue weighted by atomic mass is 79.9. The predicted molar refractivity (Wildman–Crippen MR) is 87.5 cm³/mol. The Morgan fingerprint density at radius 3 is 1.91 bits per heavy atom. The molecule has 4 nitrogen and oxygen atoms in total. The minimum absolute atomic E-state index is 0.326. The van der Waals surface area contributed by atoms with Gasteiger partial charge in [0.2, 0.25) is 0 Å². The summed E-state index contributed by atoms with van der Waals surface area (Å²) in [5, 5.41) is 0. The van der Waals surface area contributed by atoms with Crippen LogP contribution in [0.4, 0.5) is 0 Å². The van der Waals surface area contributed by atoms with Gasteiger partial charge in [-0.1, -0.05) is 15.9 Å². The first kappa shape index (κ1) is 16.4. The molecule has 0 aliphatic carbocycles. The first-order valence-corrected chi connectivity index (χ1v) is 7.76. The zero-order valence-corrected chi connectivity index (χ0v) is 13.8. The number of esters is 1. The van der Waals surface area contributed by atoms with E-state index in [9.17, 15) is 4.79 Å². The van der Waals surface area contributed by atoms with Crippen LogP contribution >= 0.6 is 15.9 Å². The number of benzene rings is 2. The number of carbonyl (C=O) groups is 1. The van der Waals surface area contributed by atoms with E-state index >= 15 is 0 Å². The molecule has 116 valence electrons. The van der Waals surface area contributed by atoms with E-state index in [1.165, 1.54) is 0 Å². The van der Waals surface area contributed by atoms with Crippen LogP contribution in [0.2, 0.25) is 0 Å². The molecule has 0 amide bonds. The summed E-state index contributed by atoms with van der Waals surface area (Å²) in [7, 11) is 0. The fourth-order valence-corrected chi connectivity index (χ4v) is 2.02. The number of hydrogen-bond acceptors (Lipinski definition) is 4. The minimum atomic E-state index is -0.326. The van der Waals surface area contributed by atoms with Crippen LogP contribution in [0.25, 0.3) is 0 Å². The van der Waals surface area contributed by atoms with E-state index in [2.05, 4.69) is 15.9 Å². The Labute approximate surface area is 138 Å². The summed E-state index contributed by atoms with van der Waals surface area (Å²) < 4.78 is 17.0. The topological polar surface area (TPSA) is 44.8 Å². The molecule has 0 fully saturated rings. The summed E-state index contributed by atoms with van der Waals surface area (Å²) in [6.45, 7) is 3.02. The van der Waals surface area contributed by atoms with E-state index in [-0.39, 0.29) is 5.97 Å². The van der Waals surface area contributed by atoms with Crippen molar-refractivity contribution in [2.45, 2.75) is 6.92 Å². The molecule has 0 aliphatic heterocycles. The van der Waals surface area contributed by atoms with Gasteiger partial charge in [0.15, 0.2) is 0 Å². The molecule has 0 N–H and O–H groups in total. The maximum absolute atomic E-state index is 11.5. The lowest BCUT2D eigenvalue weighted by atomic mass is 10.2. The number of rotatable bonds is 7. The number of ether oxygens (including phenoxy) is 3. The minimum Gasteiger partial charge on any atom is -0.490 e. The second-order valence-electron chi connectivity index (χ2n) is 4.40. The molecule has 0 aliphatic rings. The molecule has 2 aromatic carbocycles. The van der Waals surface area contributed by atoms with Crippen molar-refractivity contribution in [3.8, 4) is 11.5 Å². The van der Waals surface area contributed by atoms with E-state index < -0.39 is 0 Å². The third-order valence-electron chi connectivity index (χ3n) is 2.80. The molecule has 0 saturated carbocycles. The van der Waals surface area contributed by atoms with Crippen molar-refractivity contribution in [1.82, 2.24) is 0 Å². The van der Waals surface area contributed by atoms with Gasteiger partial charge < -0.3 is 14.2 Å². The van der Waals surface area contributed by atoms with E-state index in [0.29, 0.717) is 31.1 Å². The first-order valence-electron chi connectivity index (χ1n) is 6.97. The van der Waals surface area contributed by atoms with Crippen LogP contribution in [0.15, 0.2) is 53.0 Å². The van der Waals surface area contributed by atoms with Crippen LogP contribution < -0.4 is 9.47 Å². The summed E-state index contributed by atoms with van der Waals surface area (Å²) in [4.78, 5) is 11.5. The fourth-order valence-electron chi connectivity index (χ4n) is 1.75. The predicted octanol–water partition coefficient (Wildman–Crippen LogP) is 4.08. The molecule has 0 spiro atoms. The number of carbonyl (C=O) groups excluding carboxylic acids is 1. The lowest BCUT2D eigenvalue weighted by molar-refractivity contribution is 0.0526. The summed E-state index contributed by atoms with van der Waals surface area (Å²) in [6.07, 6.45) is 0. The Hall–Kier alpha value is -2.01. The van der Waals surface area contributed by atoms with Gasteiger partial charge in [0, 0.05) is 4.47 Å². The fraction of sp³-hybridized carbons (Fsp3) is 0.235. The first-order chi connectivity index (χ1) is 10.7. The highest BCUT2D eigenvalue weighted by molar-refractivity contribution is 9.10. The monoisotopic (exact) mass is 364 g/mol. The molecular weight excluding hydrogens is 348 g/mol. The van der Waals surface area contributed by atoms with Gasteiger partial charge in [0.05, 0.1) is 12.2 Å². The average Bonchev–Trinajstić information content (AvgIpc) is 2.54. The van der Waals surface area contributed by atoms with Crippen LogP contribution in [0.1, 0.15) is 17.3 Å². The summed E-state index contributed by atoms with van der Waals surface area (Å²) in [5.41, 5.74) is 0.514. The summed E-state index contributed by atoms with van der Waals surface area (Å²) in [5.74, 6) is 1.16. The van der Waals surface area contributed by atoms with Gasteiger partial charge in [-0.15, -0.1) is 0 Å². The molecule has 5 heteroatoms. The lowest BCUT2D eigenvalue weighted by Crippen LogP contribution is -2.09. The van der Waals surface area contributed by atoms with Crippen molar-refractivity contribution in [2.24, 2.45) is 0 Å². The van der Waals surface area contributed by atoms with Crippen LogP contribution in [0, 0.1) is 0 Å². The second kappa shape index (κ2) is 8.44. The molecule has 2 aromatic rings. The van der Waals surface area contributed by atoms with Crippen LogP contribution in [0.5, 0.6) is 11.5 Å². The van der Waals surface area contributed by atoms with Crippen molar-refractivity contribution in [3.63, 3.8) is 0 Å². The SMILES string of the molecule is CCOC(=O)c1ccc(OCCOc2ccc(Br)cc2)cc1. The number of hydrogen-bond donors (Lipinski definition) is 0. The van der Waals surface area contributed by atoms with Crippen LogP contribution in [-0.2, 0) is 4.74 Å². The van der Waals surface area contributed by atoms with Crippen molar-refractivity contribution in [1.29, 1.82) is 0 Å². The van der Waals surface area contributed by atoms with Gasteiger partial charge in [0.25, 0.3) is 0 Å². The van der Waals surface area contributed by atoms with Crippen molar-refractivity contribution in [2.75, 3.05) is 19.8 Å². The van der Waals surface area contributed by atoms with E-state index in [0.717, 1.165) is 10.2 Å². The zero-order valence-electron chi connectivity index (χ0n) is 12.3. The van der Waals surface area contributed by atoms with Gasteiger partial charge in [-0.3, -0.25) is 0 Å². The van der Waals surface area contributed by atoms with Gasteiger partial charge in [-0.2, -0.15) is 0 Å². The van der Waals surface area contributed by atoms with Crippen LogP contribution in [0.3, 0.4) is 0 Å². The molecule has 0 bridgehead atoms. The normalized spacial score (nSPS) is 10.1. The lowest BCUT2D eigenvalue weighted by Gasteiger charge is -2.09. The molecule has 0 heterocycles. The smallest absolute Gasteiger partial charge is 0.338 e. The van der Waals surface area contributed by atoms with Crippen molar-refractivity contribution < 1.29 is 19.0 Å². The molecule has 0 saturated heterocycles. The Bertz CT molecular complexity index is 593. The summed E-state index contributed by atoms with van der Waals surface area (Å²) >= 11 is 3.37. The molecule has 0 radical (unpaired) electrons. The molecule has 0 unspecified atom stereocenters. The maximum atomic E-state index is 11.5. The highest BCUT2D eigenvalue weighted by Crippen LogP contribution is 2.16. The van der Waals surface area contributed by atoms with E-state index in [1.807, 2.05) is 24.3 Å². The Kier molecular flexibility index (Phi) is 6.27. The summed E-state index contributed by atoms with van der Waals surface area (Å²) in [6, 6.07) is 14.5. The standard InChI is InChI=1S/C17H17BrO4/c1-2-20-17(19)13-3-7-15(8-4-13)21-11-12-22-16-9-5-14(18)6-10-16/h3-10H,2,11-12H2,1H3. The van der Waals surface area contributed by atoms with Crippen molar-refractivity contribution in [3.05, 3.63) is 58.6 Å². The highest BCUT2D eigenvalue weighted by Gasteiger charge is 2.05. The van der Waals surface area contributed by atoms with Crippen LogP contribution in [-0.4, -0.2) is 25.8 Å². The van der Waals surface area contributed by atoms with E-state index in [4.69, 9.17) is 14.2 Å². The van der Waals surface area contributed by atoms with Gasteiger partial charge >= 0.3 is 5.97 Å². The molecular formula is C17H17BrO4. The third-order valence-corrected chi connectivity index (χ3v) is 3.33. The van der Waals surface area contributed by atoms with E-state index in [1.54, 1.807) is 31.2 Å². The average molecular weight is 365 g/mol. The zero-order chi connectivity index (χ0) is 15.8. The van der Waals surface area contributed by atoms with Gasteiger partial charge in [-0.25, -0.2) is 4.79 Å². The number of halogens is 1. The van der Waals surface area contributed by atoms with Crippen molar-refractivity contribution >= 4 is 21.9 Å². The largest absolute Gasteiger partial charge is 0.490 e. The molecule has 0 aromatic heterocycles. The quantitative estimate of drug-likeness (QED) is 0.548. The maximum Gasteiger partial charge on any atom is 0.338 e. The Morgan fingerprint density at radius 2 is 1.41 bits per heavy atom. The Balaban J connectivity index is 1.75. The Morgan fingerprint density at radius 1 is 0.909 bits per heavy atom. The molecule has 2 rings (SSSR count). The molecule has 0 atom stereocenters. The van der Waals surface area contributed by atoms with Gasteiger partial charge in [0.1, 0.15) is 24.7 Å². The molecule has 22 heavy (non-hydrogen) atoms. The third kappa shape index (κ3) is 5.07. The second-order valence-corrected chi connectivity index (χ2v) is 5.31. The van der Waals surface area contributed by atoms with Gasteiger partial charge in [-0.05, 0) is 55.5 Å².